The number of hydrogen-bond acceptors (Lipinski definition) is 2. The van der Waals surface area contributed by atoms with Crippen molar-refractivity contribution >= 4 is 5.91 Å². The van der Waals surface area contributed by atoms with Crippen molar-refractivity contribution in [2.45, 2.75) is 13.0 Å². The molecule has 0 radical (unpaired) electrons. The average molecular weight is 269 g/mol. The Labute approximate surface area is 98.2 Å². The summed E-state index contributed by atoms with van der Waals surface area (Å²) in [4.78, 5) is 11.2. The van der Waals surface area contributed by atoms with Crippen LogP contribution in [0.1, 0.15) is 17.3 Å². The maximum Gasteiger partial charge on any atom is 0.257 e. The zero-order chi connectivity index (χ0) is 14.0. The van der Waals surface area contributed by atoms with E-state index in [1.54, 1.807) is 0 Å². The summed E-state index contributed by atoms with van der Waals surface area (Å²) in [5.41, 5.74) is -1.58. The lowest BCUT2D eigenvalue weighted by Gasteiger charge is -2.10. The Kier molecular flexibility index (Phi) is 4.23. The lowest BCUT2D eigenvalue weighted by atomic mass is 10.1. The monoisotopic (exact) mass is 269 g/mol. The summed E-state index contributed by atoms with van der Waals surface area (Å²) >= 11 is 0. The SMILES string of the molecule is C[C@H](O)CNC(=O)c1c(F)c(F)c(F)c(F)c1F. The summed E-state index contributed by atoms with van der Waals surface area (Å²) in [6.07, 6.45) is -1.03. The van der Waals surface area contributed by atoms with Gasteiger partial charge >= 0.3 is 0 Å². The molecule has 1 aromatic rings. The van der Waals surface area contributed by atoms with Crippen LogP contribution in [0.25, 0.3) is 0 Å². The average Bonchev–Trinajstić information content (AvgIpc) is 2.31. The standard InChI is InChI=1S/C10H8F5NO2/c1-3(17)2-16-10(18)4-5(11)7(13)9(15)8(14)6(4)12/h3,17H,2H2,1H3,(H,16,18)/t3-/m0/s1. The van der Waals surface area contributed by atoms with Gasteiger partial charge in [-0.3, -0.25) is 4.79 Å². The molecule has 0 saturated heterocycles. The molecule has 1 rings (SSSR count). The van der Waals surface area contributed by atoms with Gasteiger partial charge in [0.1, 0.15) is 5.56 Å². The number of rotatable bonds is 3. The molecule has 0 bridgehead atoms. The van der Waals surface area contributed by atoms with Gasteiger partial charge in [-0.05, 0) is 6.92 Å². The number of benzene rings is 1. The van der Waals surface area contributed by atoms with E-state index in [-0.39, 0.29) is 0 Å². The van der Waals surface area contributed by atoms with E-state index in [2.05, 4.69) is 0 Å². The fraction of sp³-hybridized carbons (Fsp3) is 0.300. The molecule has 0 saturated carbocycles. The number of aliphatic hydroxyl groups is 1. The van der Waals surface area contributed by atoms with Gasteiger partial charge in [-0.25, -0.2) is 22.0 Å². The zero-order valence-electron chi connectivity index (χ0n) is 9.03. The predicted molar refractivity (Wildman–Crippen MR) is 50.2 cm³/mol. The van der Waals surface area contributed by atoms with Gasteiger partial charge in [0.25, 0.3) is 5.91 Å². The first-order chi connectivity index (χ1) is 8.27. The Hall–Kier alpha value is -1.70. The highest BCUT2D eigenvalue weighted by Gasteiger charge is 2.29. The van der Waals surface area contributed by atoms with E-state index in [1.165, 1.54) is 6.92 Å². The van der Waals surface area contributed by atoms with Crippen LogP contribution >= 0.6 is 0 Å². The normalized spacial score (nSPS) is 12.4. The summed E-state index contributed by atoms with van der Waals surface area (Å²) in [7, 11) is 0. The highest BCUT2D eigenvalue weighted by molar-refractivity contribution is 5.94. The van der Waals surface area contributed by atoms with Crippen molar-refractivity contribution in [3.63, 3.8) is 0 Å². The van der Waals surface area contributed by atoms with Crippen LogP contribution < -0.4 is 5.32 Å². The van der Waals surface area contributed by atoms with Gasteiger partial charge in [0.15, 0.2) is 23.3 Å². The third-order valence-corrected chi connectivity index (χ3v) is 1.99. The van der Waals surface area contributed by atoms with E-state index >= 15 is 0 Å². The van der Waals surface area contributed by atoms with E-state index in [0.29, 0.717) is 0 Å². The first-order valence-corrected chi connectivity index (χ1v) is 4.75. The van der Waals surface area contributed by atoms with Gasteiger partial charge < -0.3 is 10.4 Å². The smallest absolute Gasteiger partial charge is 0.257 e. The molecular formula is C10H8F5NO2. The lowest BCUT2D eigenvalue weighted by molar-refractivity contribution is 0.0912. The van der Waals surface area contributed by atoms with Crippen molar-refractivity contribution in [2.24, 2.45) is 0 Å². The van der Waals surface area contributed by atoms with E-state index in [4.69, 9.17) is 5.11 Å². The molecule has 0 aliphatic rings. The first kappa shape index (κ1) is 14.4. The number of nitrogens with one attached hydrogen (secondary N) is 1. The molecule has 3 nitrogen and oxygen atoms in total. The van der Waals surface area contributed by atoms with E-state index in [1.807, 2.05) is 5.32 Å². The van der Waals surface area contributed by atoms with Crippen LogP contribution in [0.2, 0.25) is 0 Å². The minimum absolute atomic E-state index is 0.391. The largest absolute Gasteiger partial charge is 0.392 e. The zero-order valence-corrected chi connectivity index (χ0v) is 9.03. The highest BCUT2D eigenvalue weighted by atomic mass is 19.2. The number of aliphatic hydroxyl groups excluding tert-OH is 1. The van der Waals surface area contributed by atoms with Gasteiger partial charge in [-0.2, -0.15) is 0 Å². The van der Waals surface area contributed by atoms with Crippen molar-refractivity contribution in [1.29, 1.82) is 0 Å². The van der Waals surface area contributed by atoms with Crippen molar-refractivity contribution < 1.29 is 31.9 Å². The molecule has 0 heterocycles. The second-order valence-electron chi connectivity index (χ2n) is 3.50. The van der Waals surface area contributed by atoms with Crippen LogP contribution in [0.4, 0.5) is 22.0 Å². The predicted octanol–water partition coefficient (Wildman–Crippen LogP) is 1.49. The maximum absolute atomic E-state index is 13.1. The molecule has 1 aromatic carbocycles. The van der Waals surface area contributed by atoms with Gasteiger partial charge in [-0.1, -0.05) is 0 Å². The number of amides is 1. The summed E-state index contributed by atoms with van der Waals surface area (Å²) in [5.74, 6) is -12.7. The second-order valence-corrected chi connectivity index (χ2v) is 3.50. The molecule has 100 valence electrons. The Morgan fingerprint density at radius 3 is 1.83 bits per heavy atom. The summed E-state index contributed by atoms with van der Waals surface area (Å²) in [6.45, 7) is 0.872. The highest BCUT2D eigenvalue weighted by Crippen LogP contribution is 2.22. The quantitative estimate of drug-likeness (QED) is 0.496. The van der Waals surface area contributed by atoms with E-state index in [0.717, 1.165) is 0 Å². The molecule has 0 aliphatic carbocycles. The number of carbonyl (C=O) groups is 1. The lowest BCUT2D eigenvalue weighted by Crippen LogP contribution is -2.32. The second kappa shape index (κ2) is 5.30. The van der Waals surface area contributed by atoms with Gasteiger partial charge in [0.2, 0.25) is 5.82 Å². The summed E-state index contributed by atoms with van der Waals surface area (Å²) in [5, 5.41) is 10.7. The fourth-order valence-electron chi connectivity index (χ4n) is 1.13. The number of carbonyl (C=O) groups excluding carboxylic acids is 1. The number of hydrogen-bond donors (Lipinski definition) is 2. The van der Waals surface area contributed by atoms with Crippen molar-refractivity contribution in [2.75, 3.05) is 6.54 Å². The number of halogens is 5. The van der Waals surface area contributed by atoms with Crippen molar-refractivity contribution in [3.8, 4) is 0 Å². The Bertz CT molecular complexity index is 461. The molecule has 0 unspecified atom stereocenters. The Morgan fingerprint density at radius 1 is 1.06 bits per heavy atom. The molecule has 0 fully saturated rings. The minimum atomic E-state index is -2.34. The van der Waals surface area contributed by atoms with Crippen LogP contribution in [0.5, 0.6) is 0 Å². The van der Waals surface area contributed by atoms with Crippen LogP contribution in [-0.2, 0) is 0 Å². The van der Waals surface area contributed by atoms with Crippen molar-refractivity contribution in [1.82, 2.24) is 5.32 Å². The summed E-state index contributed by atoms with van der Waals surface area (Å²) < 4.78 is 64.5. The molecule has 1 atom stereocenters. The molecule has 0 aliphatic heterocycles. The van der Waals surface area contributed by atoms with Crippen LogP contribution in [0, 0.1) is 29.1 Å². The third kappa shape index (κ3) is 2.58. The molecule has 0 aromatic heterocycles. The maximum atomic E-state index is 13.1. The Morgan fingerprint density at radius 2 is 1.44 bits per heavy atom. The van der Waals surface area contributed by atoms with E-state index in [9.17, 15) is 26.7 Å². The Balaban J connectivity index is 3.21. The van der Waals surface area contributed by atoms with Gasteiger partial charge in [0.05, 0.1) is 6.10 Å². The summed E-state index contributed by atoms with van der Waals surface area (Å²) in [6, 6.07) is 0. The minimum Gasteiger partial charge on any atom is -0.392 e. The third-order valence-electron chi connectivity index (χ3n) is 1.99. The first-order valence-electron chi connectivity index (χ1n) is 4.75. The van der Waals surface area contributed by atoms with E-state index < -0.39 is 53.2 Å². The fourth-order valence-corrected chi connectivity index (χ4v) is 1.13. The topological polar surface area (TPSA) is 49.3 Å². The molecule has 18 heavy (non-hydrogen) atoms. The molecule has 1 amide bonds. The molecule has 8 heteroatoms. The molecular weight excluding hydrogens is 261 g/mol. The molecule has 2 N–H and O–H groups in total. The van der Waals surface area contributed by atoms with Crippen LogP contribution in [-0.4, -0.2) is 23.7 Å². The molecule has 0 spiro atoms. The van der Waals surface area contributed by atoms with Crippen molar-refractivity contribution in [3.05, 3.63) is 34.6 Å². The van der Waals surface area contributed by atoms with Gasteiger partial charge in [-0.15, -0.1) is 0 Å². The van der Waals surface area contributed by atoms with Crippen LogP contribution in [0.15, 0.2) is 0 Å². The van der Waals surface area contributed by atoms with Gasteiger partial charge in [0, 0.05) is 6.54 Å². The van der Waals surface area contributed by atoms with Crippen LogP contribution in [0.3, 0.4) is 0 Å².